The monoisotopic (exact) mass is 196 g/mol. The quantitative estimate of drug-likeness (QED) is 0.545. The van der Waals surface area contributed by atoms with Crippen molar-refractivity contribution in [1.29, 1.82) is 0 Å². The summed E-state index contributed by atoms with van der Waals surface area (Å²) in [6.07, 6.45) is -1.25. The van der Waals surface area contributed by atoms with Crippen molar-refractivity contribution in [3.05, 3.63) is 17.7 Å². The molecule has 2 rings (SSSR count). The van der Waals surface area contributed by atoms with Gasteiger partial charge >= 0.3 is 0 Å². The first kappa shape index (κ1) is 8.83. The molecule has 14 heavy (non-hydrogen) atoms. The number of ketones is 1. The number of aliphatic hydroxyl groups is 1. The first-order valence-corrected chi connectivity index (χ1v) is 4.00. The summed E-state index contributed by atoms with van der Waals surface area (Å²) in [4.78, 5) is 11.4. The van der Waals surface area contributed by atoms with Crippen LogP contribution in [0.15, 0.2) is 12.1 Å². The van der Waals surface area contributed by atoms with Crippen molar-refractivity contribution in [2.75, 3.05) is 6.61 Å². The predicted octanol–water partition coefficient (Wildman–Crippen LogP) is 0.0338. The summed E-state index contributed by atoms with van der Waals surface area (Å²) >= 11 is 0. The lowest BCUT2D eigenvalue weighted by atomic mass is 10.0. The number of hydrogen-bond acceptors (Lipinski definition) is 5. The second kappa shape index (κ2) is 2.88. The molecule has 1 aliphatic rings. The third-order valence-electron chi connectivity index (χ3n) is 2.01. The van der Waals surface area contributed by atoms with Crippen molar-refractivity contribution >= 4 is 5.78 Å². The smallest absolute Gasteiger partial charge is 0.202 e. The maximum atomic E-state index is 11.4. The van der Waals surface area contributed by atoms with E-state index in [1.807, 2.05) is 0 Å². The lowest BCUT2D eigenvalue weighted by Crippen LogP contribution is -2.32. The zero-order valence-corrected chi connectivity index (χ0v) is 7.10. The second-order valence-corrected chi connectivity index (χ2v) is 3.03. The third-order valence-corrected chi connectivity index (χ3v) is 2.01. The van der Waals surface area contributed by atoms with E-state index in [0.717, 1.165) is 6.07 Å². The van der Waals surface area contributed by atoms with Crippen molar-refractivity contribution < 1.29 is 24.9 Å². The van der Waals surface area contributed by atoms with E-state index in [2.05, 4.69) is 0 Å². The molecule has 0 saturated heterocycles. The molecule has 74 valence electrons. The first-order chi connectivity index (χ1) is 6.59. The molecule has 0 unspecified atom stereocenters. The van der Waals surface area contributed by atoms with E-state index < -0.39 is 11.9 Å². The minimum absolute atomic E-state index is 0.0819. The van der Waals surface area contributed by atoms with Gasteiger partial charge in [-0.15, -0.1) is 0 Å². The number of rotatable bonds is 0. The van der Waals surface area contributed by atoms with E-state index in [4.69, 9.17) is 9.84 Å². The number of ether oxygens (including phenoxy) is 1. The van der Waals surface area contributed by atoms with E-state index in [1.54, 1.807) is 0 Å². The van der Waals surface area contributed by atoms with Crippen LogP contribution in [0.25, 0.3) is 0 Å². The van der Waals surface area contributed by atoms with Crippen LogP contribution in [0.5, 0.6) is 17.2 Å². The number of carbonyl (C=O) groups is 1. The summed E-state index contributed by atoms with van der Waals surface area (Å²) in [6, 6.07) is 2.25. The number of carbonyl (C=O) groups excluding carboxylic acids is 1. The summed E-state index contributed by atoms with van der Waals surface area (Å²) in [5.74, 6) is -1.07. The number of phenolic OH excluding ortho intramolecular Hbond substituents is 2. The van der Waals surface area contributed by atoms with Crippen LogP contribution >= 0.6 is 0 Å². The standard InChI is InChI=1S/C9H8O5/c10-4-1-5(11)8-7(2-4)14-3-6(12)9(8)13/h1-2,6,10-12H,3H2/t6-/m1/s1. The van der Waals surface area contributed by atoms with Gasteiger partial charge in [0.05, 0.1) is 0 Å². The van der Waals surface area contributed by atoms with Gasteiger partial charge in [0.25, 0.3) is 0 Å². The molecule has 5 heteroatoms. The first-order valence-electron chi connectivity index (χ1n) is 4.00. The fourth-order valence-corrected chi connectivity index (χ4v) is 1.36. The summed E-state index contributed by atoms with van der Waals surface area (Å²) in [6.45, 7) is -0.158. The molecular formula is C9H8O5. The minimum atomic E-state index is -1.25. The number of benzene rings is 1. The number of fused-ring (bicyclic) bond motifs is 1. The Hall–Kier alpha value is -1.75. The van der Waals surface area contributed by atoms with Gasteiger partial charge in [-0.2, -0.15) is 0 Å². The van der Waals surface area contributed by atoms with Gasteiger partial charge in [-0.05, 0) is 0 Å². The SMILES string of the molecule is O=C1c2c(O)cc(O)cc2OC[C@H]1O. The highest BCUT2D eigenvalue weighted by atomic mass is 16.5. The lowest BCUT2D eigenvalue weighted by molar-refractivity contribution is 0.0552. The molecule has 1 aromatic carbocycles. The van der Waals surface area contributed by atoms with Crippen LogP contribution in [0.4, 0.5) is 0 Å². The van der Waals surface area contributed by atoms with Gasteiger partial charge < -0.3 is 20.1 Å². The highest BCUT2D eigenvalue weighted by Crippen LogP contribution is 2.35. The van der Waals surface area contributed by atoms with Crippen LogP contribution in [-0.4, -0.2) is 33.8 Å². The number of phenols is 2. The zero-order valence-electron chi connectivity index (χ0n) is 7.10. The molecule has 0 radical (unpaired) electrons. The van der Waals surface area contributed by atoms with Gasteiger partial charge in [-0.25, -0.2) is 0 Å². The number of hydrogen-bond donors (Lipinski definition) is 3. The summed E-state index contributed by atoms with van der Waals surface area (Å²) in [7, 11) is 0. The Morgan fingerprint density at radius 1 is 1.36 bits per heavy atom. The fraction of sp³-hybridized carbons (Fsp3) is 0.222. The Labute approximate surface area is 79.2 Å². The average molecular weight is 196 g/mol. The van der Waals surface area contributed by atoms with E-state index in [0.29, 0.717) is 0 Å². The number of Topliss-reactive ketones (excluding diaryl/α,β-unsaturated/α-hetero) is 1. The highest BCUT2D eigenvalue weighted by molar-refractivity contribution is 6.05. The van der Waals surface area contributed by atoms with Gasteiger partial charge in [0.1, 0.15) is 29.4 Å². The van der Waals surface area contributed by atoms with E-state index >= 15 is 0 Å². The van der Waals surface area contributed by atoms with Crippen molar-refractivity contribution in [1.82, 2.24) is 0 Å². The van der Waals surface area contributed by atoms with Crippen LogP contribution in [0, 0.1) is 0 Å². The van der Waals surface area contributed by atoms with Crippen LogP contribution in [0.1, 0.15) is 10.4 Å². The maximum absolute atomic E-state index is 11.4. The van der Waals surface area contributed by atoms with Crippen molar-refractivity contribution in [2.24, 2.45) is 0 Å². The molecule has 0 aliphatic carbocycles. The van der Waals surface area contributed by atoms with E-state index in [1.165, 1.54) is 6.07 Å². The topological polar surface area (TPSA) is 87.0 Å². The predicted molar refractivity (Wildman–Crippen MR) is 45.6 cm³/mol. The van der Waals surface area contributed by atoms with Crippen LogP contribution in [0.3, 0.4) is 0 Å². The normalized spacial score (nSPS) is 20.1. The second-order valence-electron chi connectivity index (χ2n) is 3.03. The molecular weight excluding hydrogens is 188 g/mol. The van der Waals surface area contributed by atoms with E-state index in [9.17, 15) is 15.0 Å². The van der Waals surface area contributed by atoms with Gasteiger partial charge in [-0.3, -0.25) is 4.79 Å². The van der Waals surface area contributed by atoms with Gasteiger partial charge in [0, 0.05) is 12.1 Å². The Morgan fingerprint density at radius 3 is 2.79 bits per heavy atom. The molecule has 1 aliphatic heterocycles. The molecule has 1 aromatic rings. The zero-order chi connectivity index (χ0) is 10.3. The Bertz CT molecular complexity index is 398. The molecule has 1 heterocycles. The molecule has 0 spiro atoms. The van der Waals surface area contributed by atoms with Crippen molar-refractivity contribution in [3.63, 3.8) is 0 Å². The van der Waals surface area contributed by atoms with E-state index in [-0.39, 0.29) is 29.4 Å². The molecule has 0 fully saturated rings. The summed E-state index contributed by atoms with van der Waals surface area (Å²) in [5, 5.41) is 27.6. The van der Waals surface area contributed by atoms with Crippen LogP contribution < -0.4 is 4.74 Å². The summed E-state index contributed by atoms with van der Waals surface area (Å²) in [5.41, 5.74) is -0.0819. The van der Waals surface area contributed by atoms with Gasteiger partial charge in [0.15, 0.2) is 6.10 Å². The molecule has 0 saturated carbocycles. The van der Waals surface area contributed by atoms with Gasteiger partial charge in [0.2, 0.25) is 5.78 Å². The van der Waals surface area contributed by atoms with Crippen LogP contribution in [0.2, 0.25) is 0 Å². The van der Waals surface area contributed by atoms with Gasteiger partial charge in [-0.1, -0.05) is 0 Å². The largest absolute Gasteiger partial charge is 0.508 e. The van der Waals surface area contributed by atoms with Crippen LogP contribution in [-0.2, 0) is 0 Å². The number of aromatic hydroxyl groups is 2. The third kappa shape index (κ3) is 1.18. The molecule has 0 bridgehead atoms. The lowest BCUT2D eigenvalue weighted by Gasteiger charge is -2.21. The average Bonchev–Trinajstić information content (AvgIpc) is 2.10. The maximum Gasteiger partial charge on any atom is 0.202 e. The van der Waals surface area contributed by atoms with Crippen molar-refractivity contribution in [2.45, 2.75) is 6.10 Å². The summed E-state index contributed by atoms with van der Waals surface area (Å²) < 4.78 is 4.98. The fourth-order valence-electron chi connectivity index (χ4n) is 1.36. The highest BCUT2D eigenvalue weighted by Gasteiger charge is 2.30. The Morgan fingerprint density at radius 2 is 2.07 bits per heavy atom. The number of aliphatic hydroxyl groups excluding tert-OH is 1. The minimum Gasteiger partial charge on any atom is -0.508 e. The molecule has 1 atom stereocenters. The Balaban J connectivity index is 2.60. The van der Waals surface area contributed by atoms with Crippen molar-refractivity contribution in [3.8, 4) is 17.2 Å². The Kier molecular flexibility index (Phi) is 1.82. The molecule has 0 aromatic heterocycles. The molecule has 3 N–H and O–H groups in total. The molecule has 0 amide bonds. The molecule has 5 nitrogen and oxygen atoms in total.